The lowest BCUT2D eigenvalue weighted by Crippen LogP contribution is -2.49. The molecule has 4 amide bonds. The first-order chi connectivity index (χ1) is 25.6. The molecular formula is C43H44N4O6. The van der Waals surface area contributed by atoms with Crippen molar-refractivity contribution < 1.29 is 28.7 Å². The number of hydrogen-bond donors (Lipinski definition) is 2. The van der Waals surface area contributed by atoms with Crippen molar-refractivity contribution in [3.8, 4) is 11.5 Å². The van der Waals surface area contributed by atoms with E-state index in [1.807, 2.05) is 60.7 Å². The van der Waals surface area contributed by atoms with Gasteiger partial charge in [-0.25, -0.2) is 0 Å². The average molecular weight is 713 g/mol. The standard InChI is InChI=1S/C43H44N4O6/c1-29-24-32(40(48)44-38(26-30-12-8-6-9-13-30)42(50)46(2)34-16-20-36(52-4)21-17-34)28-33(25-29)41(49)45-39(27-31-14-10-7-11-15-31)43(51)47(3)35-18-22-37(53-5)23-19-35/h6-25,28,38-39H,26-27H2,1-5H3,(H,44,48)(H,45,49)/t38-,39?/m0/s1. The highest BCUT2D eigenvalue weighted by atomic mass is 16.5. The topological polar surface area (TPSA) is 117 Å². The summed E-state index contributed by atoms with van der Waals surface area (Å²) in [4.78, 5) is 58.6. The van der Waals surface area contributed by atoms with Crippen molar-refractivity contribution in [1.29, 1.82) is 0 Å². The smallest absolute Gasteiger partial charge is 0.251 e. The summed E-state index contributed by atoms with van der Waals surface area (Å²) in [5.74, 6) is -0.360. The molecule has 0 spiro atoms. The maximum Gasteiger partial charge on any atom is 0.251 e. The summed E-state index contributed by atoms with van der Waals surface area (Å²) in [6.07, 6.45) is 0.492. The Morgan fingerprint density at radius 1 is 0.547 bits per heavy atom. The van der Waals surface area contributed by atoms with Crippen molar-refractivity contribution in [2.75, 3.05) is 38.1 Å². The summed E-state index contributed by atoms with van der Waals surface area (Å²) in [5, 5.41) is 5.85. The Bertz CT molecular complexity index is 1880. The lowest BCUT2D eigenvalue weighted by molar-refractivity contribution is -0.120. The number of nitrogens with zero attached hydrogens (tertiary/aromatic N) is 2. The molecule has 0 aliphatic carbocycles. The predicted octanol–water partition coefficient (Wildman–Crippen LogP) is 6.02. The van der Waals surface area contributed by atoms with Crippen LogP contribution in [0.4, 0.5) is 11.4 Å². The molecule has 0 saturated carbocycles. The van der Waals surface area contributed by atoms with Gasteiger partial charge in [-0.15, -0.1) is 0 Å². The van der Waals surface area contributed by atoms with E-state index in [-0.39, 0.29) is 35.8 Å². The minimum Gasteiger partial charge on any atom is -0.497 e. The minimum atomic E-state index is -0.920. The summed E-state index contributed by atoms with van der Waals surface area (Å²) in [6.45, 7) is 1.78. The van der Waals surface area contributed by atoms with E-state index in [2.05, 4.69) is 10.6 Å². The monoisotopic (exact) mass is 712 g/mol. The number of carbonyl (C=O) groups is 4. The number of hydrogen-bond acceptors (Lipinski definition) is 6. The van der Waals surface area contributed by atoms with Crippen LogP contribution >= 0.6 is 0 Å². The third-order valence-corrected chi connectivity index (χ3v) is 8.95. The van der Waals surface area contributed by atoms with Crippen LogP contribution in [0.25, 0.3) is 0 Å². The van der Waals surface area contributed by atoms with Crippen molar-refractivity contribution in [2.24, 2.45) is 0 Å². The lowest BCUT2D eigenvalue weighted by atomic mass is 10.0. The summed E-state index contributed by atoms with van der Waals surface area (Å²) in [5.41, 5.74) is 4.07. The fourth-order valence-electron chi connectivity index (χ4n) is 5.96. The van der Waals surface area contributed by atoms with Crippen molar-refractivity contribution in [3.63, 3.8) is 0 Å². The van der Waals surface area contributed by atoms with Crippen LogP contribution in [0.5, 0.6) is 11.5 Å². The third-order valence-electron chi connectivity index (χ3n) is 8.95. The van der Waals surface area contributed by atoms with Crippen molar-refractivity contribution in [1.82, 2.24) is 10.6 Å². The van der Waals surface area contributed by atoms with Crippen LogP contribution < -0.4 is 29.9 Å². The number of aryl methyl sites for hydroxylation is 1. The highest BCUT2D eigenvalue weighted by Gasteiger charge is 2.28. The zero-order valence-electron chi connectivity index (χ0n) is 30.5. The molecule has 10 heteroatoms. The first-order valence-electron chi connectivity index (χ1n) is 17.2. The molecule has 2 N–H and O–H groups in total. The van der Waals surface area contributed by atoms with Crippen LogP contribution in [0.15, 0.2) is 127 Å². The number of nitrogens with one attached hydrogen (secondary N) is 2. The van der Waals surface area contributed by atoms with E-state index in [1.165, 1.54) is 15.9 Å². The van der Waals surface area contributed by atoms with Gasteiger partial charge < -0.3 is 29.9 Å². The second-order valence-electron chi connectivity index (χ2n) is 12.7. The number of rotatable bonds is 14. The summed E-state index contributed by atoms with van der Waals surface area (Å²) in [7, 11) is 6.45. The molecule has 0 aromatic heterocycles. The van der Waals surface area contributed by atoms with E-state index in [0.717, 1.165) is 11.1 Å². The first kappa shape index (κ1) is 37.8. The summed E-state index contributed by atoms with van der Waals surface area (Å²) < 4.78 is 10.5. The molecule has 53 heavy (non-hydrogen) atoms. The first-order valence-corrected chi connectivity index (χ1v) is 17.2. The molecule has 0 fully saturated rings. The van der Waals surface area contributed by atoms with Gasteiger partial charge in [-0.05, 0) is 90.3 Å². The lowest BCUT2D eigenvalue weighted by Gasteiger charge is -2.26. The molecular weight excluding hydrogens is 668 g/mol. The molecule has 0 aliphatic rings. The van der Waals surface area contributed by atoms with Crippen molar-refractivity contribution in [2.45, 2.75) is 31.8 Å². The van der Waals surface area contributed by atoms with Gasteiger partial charge in [0.25, 0.3) is 11.8 Å². The number of carbonyl (C=O) groups excluding carboxylic acids is 4. The van der Waals surface area contributed by atoms with Crippen LogP contribution in [-0.2, 0) is 22.4 Å². The van der Waals surface area contributed by atoms with Crippen molar-refractivity contribution >= 4 is 35.0 Å². The van der Waals surface area contributed by atoms with E-state index in [1.54, 1.807) is 95.9 Å². The second-order valence-corrected chi connectivity index (χ2v) is 12.7. The number of likely N-dealkylation sites (N-methyl/N-ethyl adjacent to an activating group) is 2. The van der Waals surface area contributed by atoms with E-state index in [9.17, 15) is 19.2 Å². The maximum absolute atomic E-state index is 13.9. The fraction of sp³-hybridized carbons (Fsp3) is 0.209. The number of benzene rings is 5. The van der Waals surface area contributed by atoms with Crippen LogP contribution in [0.3, 0.4) is 0 Å². The summed E-state index contributed by atoms with van der Waals surface area (Å²) >= 11 is 0. The Hall–Kier alpha value is -6.42. The molecule has 1 unspecified atom stereocenters. The van der Waals surface area contributed by atoms with Gasteiger partial charge >= 0.3 is 0 Å². The Balaban J connectivity index is 1.38. The molecule has 0 saturated heterocycles. The maximum atomic E-state index is 13.9. The van der Waals surface area contributed by atoms with E-state index in [0.29, 0.717) is 28.4 Å². The van der Waals surface area contributed by atoms with Gasteiger partial charge in [0.05, 0.1) is 14.2 Å². The second kappa shape index (κ2) is 17.7. The molecule has 5 rings (SSSR count). The van der Waals surface area contributed by atoms with Gasteiger partial charge in [-0.1, -0.05) is 60.7 Å². The number of anilines is 2. The van der Waals surface area contributed by atoms with Crippen LogP contribution in [0.1, 0.15) is 37.4 Å². The van der Waals surface area contributed by atoms with E-state index < -0.39 is 23.9 Å². The quantitative estimate of drug-likeness (QED) is 0.146. The molecule has 5 aromatic carbocycles. The molecule has 2 atom stereocenters. The van der Waals surface area contributed by atoms with Crippen molar-refractivity contribution in [3.05, 3.63) is 155 Å². The molecule has 0 bridgehead atoms. The Morgan fingerprint density at radius 3 is 1.25 bits per heavy atom. The van der Waals surface area contributed by atoms with E-state index >= 15 is 0 Å². The number of amides is 4. The van der Waals surface area contributed by atoms with Gasteiger partial charge in [0.2, 0.25) is 11.8 Å². The number of ether oxygens (including phenoxy) is 2. The van der Waals surface area contributed by atoms with Gasteiger partial charge in [0, 0.05) is 49.4 Å². The minimum absolute atomic E-state index is 0.203. The molecule has 272 valence electrons. The SMILES string of the molecule is COc1ccc(N(C)C(=O)C(Cc2ccccc2)NC(=O)c2cc(C)cc(C(=O)N[C@@H](Cc3ccccc3)C(=O)N(C)c3ccc(OC)cc3)c2)cc1. The zero-order chi connectivity index (χ0) is 37.9. The predicted molar refractivity (Wildman–Crippen MR) is 207 cm³/mol. The van der Waals surface area contributed by atoms with Crippen LogP contribution in [0.2, 0.25) is 0 Å². The Kier molecular flexibility index (Phi) is 12.6. The molecule has 0 aliphatic heterocycles. The van der Waals surface area contributed by atoms with E-state index in [4.69, 9.17) is 9.47 Å². The normalized spacial score (nSPS) is 11.8. The highest BCUT2D eigenvalue weighted by molar-refractivity contribution is 6.05. The average Bonchev–Trinajstić information content (AvgIpc) is 3.19. The van der Waals surface area contributed by atoms with Crippen LogP contribution in [-0.4, -0.2) is 64.0 Å². The van der Waals surface area contributed by atoms with Gasteiger partial charge in [-0.2, -0.15) is 0 Å². The Morgan fingerprint density at radius 2 is 0.906 bits per heavy atom. The highest BCUT2D eigenvalue weighted by Crippen LogP contribution is 2.22. The van der Waals surface area contributed by atoms with Gasteiger partial charge in [0.15, 0.2) is 0 Å². The fourth-order valence-corrected chi connectivity index (χ4v) is 5.96. The molecule has 5 aromatic rings. The number of methoxy groups -OCH3 is 2. The van der Waals surface area contributed by atoms with Crippen LogP contribution in [0, 0.1) is 6.92 Å². The molecule has 0 radical (unpaired) electrons. The molecule has 0 heterocycles. The Labute approximate surface area is 310 Å². The largest absolute Gasteiger partial charge is 0.497 e. The van der Waals surface area contributed by atoms with Gasteiger partial charge in [-0.3, -0.25) is 19.2 Å². The van der Waals surface area contributed by atoms with Gasteiger partial charge in [0.1, 0.15) is 23.6 Å². The third kappa shape index (κ3) is 9.89. The summed E-state index contributed by atoms with van der Waals surface area (Å²) in [6, 6.07) is 36.0. The zero-order valence-corrected chi connectivity index (χ0v) is 30.5. The molecule has 10 nitrogen and oxygen atoms in total.